The first-order valence-corrected chi connectivity index (χ1v) is 8.35. The molecule has 0 saturated heterocycles. The van der Waals surface area contributed by atoms with E-state index in [0.717, 1.165) is 4.51 Å². The molecule has 0 unspecified atom stereocenters. The summed E-state index contributed by atoms with van der Waals surface area (Å²) >= 11 is 5.31. The van der Waals surface area contributed by atoms with Crippen molar-refractivity contribution < 1.29 is 34.1 Å². The van der Waals surface area contributed by atoms with Crippen LogP contribution >= 0.6 is 12.2 Å². The van der Waals surface area contributed by atoms with E-state index in [-0.39, 0.29) is 34.1 Å². The normalized spacial score (nSPS) is 22.9. The Balaban J connectivity index is 0.000000235. The maximum Gasteiger partial charge on any atom is 2.00 e. The zero-order chi connectivity index (χ0) is 16.6. The van der Waals surface area contributed by atoms with E-state index in [1.165, 1.54) is 23.0 Å². The van der Waals surface area contributed by atoms with Gasteiger partial charge in [-0.25, -0.2) is 0 Å². The molecule has 3 heteroatoms. The zero-order valence-corrected chi connectivity index (χ0v) is 17.0. The molecule has 5 rings (SSSR count). The Morgan fingerprint density at radius 3 is 0.846 bits per heavy atom. The Morgan fingerprint density at radius 2 is 0.615 bits per heavy atom. The van der Waals surface area contributed by atoms with Gasteiger partial charge in [-0.2, -0.15) is 0 Å². The molecule has 4 saturated carbocycles. The molecule has 0 heterocycles. The summed E-state index contributed by atoms with van der Waals surface area (Å²) < 4.78 is 1.03. The van der Waals surface area contributed by atoms with Crippen LogP contribution in [0.2, 0.25) is 0 Å². The first-order chi connectivity index (χ1) is 11.9. The van der Waals surface area contributed by atoms with Gasteiger partial charge >= 0.3 is 34.1 Å². The molecule has 0 aromatic heterocycles. The molecule has 26 heavy (non-hydrogen) atoms. The Bertz CT molecular complexity index is 413. The number of rotatable bonds is 2. The van der Waals surface area contributed by atoms with Gasteiger partial charge in [0.15, 0.2) is 0 Å². The predicted molar refractivity (Wildman–Crippen MR) is 102 cm³/mol. The van der Waals surface area contributed by atoms with Crippen molar-refractivity contribution in [2.24, 2.45) is 0 Å². The topological polar surface area (TPSA) is 0 Å². The second-order valence-electron chi connectivity index (χ2n) is 5.35. The summed E-state index contributed by atoms with van der Waals surface area (Å²) in [6.45, 7) is 0. The summed E-state index contributed by atoms with van der Waals surface area (Å²) in [4.78, 5) is 0. The van der Waals surface area contributed by atoms with Crippen molar-refractivity contribution in [3.8, 4) is 0 Å². The molecule has 0 N–H and O–H groups in total. The Morgan fingerprint density at radius 1 is 0.385 bits per heavy atom. The quantitative estimate of drug-likeness (QED) is 0.471. The van der Waals surface area contributed by atoms with E-state index in [0.29, 0.717) is 0 Å². The first-order valence-electron chi connectivity index (χ1n) is 7.94. The minimum Gasteiger partial charge on any atom is -0.0794 e. The van der Waals surface area contributed by atoms with Crippen molar-refractivity contribution >= 4 is 12.2 Å². The summed E-state index contributed by atoms with van der Waals surface area (Å²) in [5, 5.41) is 0. The van der Waals surface area contributed by atoms with E-state index in [2.05, 4.69) is 25.7 Å². The van der Waals surface area contributed by atoms with Gasteiger partial charge in [0.1, 0.15) is 0 Å². The van der Waals surface area contributed by atoms with Crippen LogP contribution in [0.4, 0.5) is 0 Å². The van der Waals surface area contributed by atoms with Crippen LogP contribution < -0.4 is 0 Å². The van der Waals surface area contributed by atoms with Gasteiger partial charge < -0.3 is 0 Å². The molecule has 0 atom stereocenters. The second-order valence-corrected chi connectivity index (χ2v) is 5.76. The van der Waals surface area contributed by atoms with Crippen molar-refractivity contribution in [1.82, 2.24) is 0 Å². The van der Waals surface area contributed by atoms with Gasteiger partial charge in [-0.05, 0) is 127 Å². The van der Waals surface area contributed by atoms with Gasteiger partial charge in [-0.15, -0.1) is 0 Å². The fraction of sp³-hybridized carbons (Fsp3) is 0. The average molecular weight is 438 g/mol. The molecule has 128 valence electrons. The van der Waals surface area contributed by atoms with Crippen LogP contribution in [0.15, 0.2) is 0 Å². The SMILES string of the molecule is S=c1c([C]2[CH][CH][CH][CH]2)c1[C]1[CH][CH][CH][CH]1.[CH]1[CH][CH][CH][CH]1.[CH]1[CH][CH][CH][CH]1.[Fe+2].[Fe+2]. The van der Waals surface area contributed by atoms with Crippen molar-refractivity contribution in [1.29, 1.82) is 0 Å². The largest absolute Gasteiger partial charge is 2.00 e. The molecule has 0 nitrogen and oxygen atoms in total. The van der Waals surface area contributed by atoms with Crippen molar-refractivity contribution in [3.63, 3.8) is 0 Å². The zero-order valence-electron chi connectivity index (χ0n) is 14.0. The summed E-state index contributed by atoms with van der Waals surface area (Å²) in [6, 6.07) is 0. The van der Waals surface area contributed by atoms with Crippen LogP contribution in [0, 0.1) is 132 Å². The van der Waals surface area contributed by atoms with Crippen LogP contribution in [0.5, 0.6) is 0 Å². The monoisotopic (exact) mass is 438 g/mol. The van der Waals surface area contributed by atoms with Gasteiger partial charge in [-0.3, -0.25) is 0 Å². The third-order valence-electron chi connectivity index (χ3n) is 3.66. The van der Waals surface area contributed by atoms with Gasteiger partial charge in [0.2, 0.25) is 0 Å². The van der Waals surface area contributed by atoms with Crippen molar-refractivity contribution in [3.05, 3.63) is 143 Å². The Hall–Kier alpha value is 0.869. The molecular weight excluding hydrogens is 420 g/mol. The molecule has 4 aliphatic rings. The summed E-state index contributed by atoms with van der Waals surface area (Å²) in [5.74, 6) is 2.51. The predicted octanol–water partition coefficient (Wildman–Crippen LogP) is 4.84. The molecule has 4 aliphatic carbocycles. The van der Waals surface area contributed by atoms with E-state index in [1.807, 2.05) is 89.9 Å². The van der Waals surface area contributed by atoms with Crippen LogP contribution in [0.25, 0.3) is 0 Å². The fourth-order valence-electron chi connectivity index (χ4n) is 2.44. The minimum atomic E-state index is 0. The third-order valence-corrected chi connectivity index (χ3v) is 4.06. The summed E-state index contributed by atoms with van der Waals surface area (Å²) in [6.07, 6.45) is 36.6. The smallest absolute Gasteiger partial charge is 0.0794 e. The van der Waals surface area contributed by atoms with E-state index < -0.39 is 0 Å². The standard InChI is InChI=1S/C13H8S.2C5H5.2Fe/c14-13-11(9-5-1-2-6-9)12(13)10-7-3-4-8-10;2*1-2-4-5-3-1;;/h1-8H;2*1-5H;;/q;;;2*+2. The molecule has 0 spiro atoms. The fourth-order valence-corrected chi connectivity index (χ4v) is 2.83. The second kappa shape index (κ2) is 13.9. The van der Waals surface area contributed by atoms with Gasteiger partial charge in [-0.1, -0.05) is 12.2 Å². The molecule has 1 aromatic rings. The van der Waals surface area contributed by atoms with E-state index in [4.69, 9.17) is 12.2 Å². The molecule has 0 bridgehead atoms. The van der Waals surface area contributed by atoms with Crippen molar-refractivity contribution in [2.75, 3.05) is 0 Å². The van der Waals surface area contributed by atoms with Crippen LogP contribution in [-0.4, -0.2) is 0 Å². The number of hydrogen-bond acceptors (Lipinski definition) is 1. The maximum atomic E-state index is 5.31. The minimum absolute atomic E-state index is 0. The van der Waals surface area contributed by atoms with E-state index in [9.17, 15) is 0 Å². The Labute approximate surface area is 188 Å². The molecule has 4 fully saturated rings. The first kappa shape index (κ1) is 24.9. The third kappa shape index (κ3) is 7.71. The van der Waals surface area contributed by atoms with Crippen molar-refractivity contribution in [2.45, 2.75) is 0 Å². The van der Waals surface area contributed by atoms with Crippen LogP contribution in [0.1, 0.15) is 11.1 Å². The van der Waals surface area contributed by atoms with E-state index in [1.54, 1.807) is 0 Å². The van der Waals surface area contributed by atoms with Crippen LogP contribution in [-0.2, 0) is 34.1 Å². The Kier molecular flexibility index (Phi) is 13.4. The maximum absolute atomic E-state index is 5.31. The van der Waals surface area contributed by atoms with Gasteiger partial charge in [0.05, 0.1) is 0 Å². The van der Waals surface area contributed by atoms with Gasteiger partial charge in [0.25, 0.3) is 0 Å². The van der Waals surface area contributed by atoms with E-state index >= 15 is 0 Å². The average Bonchev–Trinajstić information content (AvgIpc) is 3.36. The molecule has 0 amide bonds. The molecule has 20 radical (unpaired) electrons. The van der Waals surface area contributed by atoms with Crippen LogP contribution in [0.3, 0.4) is 0 Å². The number of hydrogen-bond donors (Lipinski definition) is 0. The molecule has 1 aromatic carbocycles. The molecular formula is C23H18Fe2S+4. The summed E-state index contributed by atoms with van der Waals surface area (Å²) in [5.41, 5.74) is 2.52. The molecule has 0 aliphatic heterocycles. The summed E-state index contributed by atoms with van der Waals surface area (Å²) in [7, 11) is 0. The van der Waals surface area contributed by atoms with Gasteiger partial charge in [0, 0.05) is 16.3 Å².